The number of pyridine rings is 1. The molecule has 2 aromatic carbocycles. The highest BCUT2D eigenvalue weighted by atomic mass is 35.5. The number of halogens is 1. The fourth-order valence-electron chi connectivity index (χ4n) is 5.42. The number of aromatic nitrogens is 2. The second-order valence-electron chi connectivity index (χ2n) is 10.6. The summed E-state index contributed by atoms with van der Waals surface area (Å²) in [6.45, 7) is 11.3. The number of carbonyl (C=O) groups excluding carboxylic acids is 1. The molecule has 1 unspecified atom stereocenters. The van der Waals surface area contributed by atoms with Crippen LogP contribution in [0, 0.1) is 13.8 Å². The van der Waals surface area contributed by atoms with Crippen molar-refractivity contribution in [2.45, 2.75) is 52.9 Å². The Labute approximate surface area is 227 Å². The van der Waals surface area contributed by atoms with Crippen LogP contribution in [0.15, 0.2) is 48.5 Å². The van der Waals surface area contributed by atoms with Gasteiger partial charge < -0.3 is 24.0 Å². The number of methoxy groups -OCH3 is 1. The largest absolute Gasteiger partial charge is 0.493 e. The molecule has 0 radical (unpaired) electrons. The summed E-state index contributed by atoms with van der Waals surface area (Å²) in [7, 11) is 1.38. The van der Waals surface area contributed by atoms with Gasteiger partial charge in [0.1, 0.15) is 5.82 Å². The third-order valence-corrected chi connectivity index (χ3v) is 7.17. The molecule has 1 aliphatic rings. The summed E-state index contributed by atoms with van der Waals surface area (Å²) in [6, 6.07) is 15.0. The van der Waals surface area contributed by atoms with Crippen LogP contribution in [0.4, 0.5) is 11.5 Å². The Morgan fingerprint density at radius 1 is 1.11 bits per heavy atom. The molecule has 0 saturated heterocycles. The predicted octanol–water partition coefficient (Wildman–Crippen LogP) is 6.86. The van der Waals surface area contributed by atoms with Crippen LogP contribution >= 0.6 is 11.6 Å². The van der Waals surface area contributed by atoms with E-state index in [2.05, 4.69) is 27.4 Å². The SMILES string of the molecule is COC(=O)C(OC(C)(C)C)c1c(C)c2c3c(cc(C)n3CCN2c2cccc(O)n2)c1-c1ccc(Cl)cc1. The average Bonchev–Trinajstić information content (AvgIpc) is 3.20. The molecule has 0 spiro atoms. The number of aryl methyl sites for hydroxylation is 1. The number of esters is 1. The van der Waals surface area contributed by atoms with Crippen LogP contribution in [-0.4, -0.2) is 39.9 Å². The Morgan fingerprint density at radius 2 is 1.82 bits per heavy atom. The number of hydrogen-bond acceptors (Lipinski definition) is 6. The van der Waals surface area contributed by atoms with Crippen LogP contribution in [0.1, 0.15) is 43.7 Å². The van der Waals surface area contributed by atoms with Gasteiger partial charge in [-0.05, 0) is 75.6 Å². The minimum absolute atomic E-state index is 0.0463. The number of ether oxygens (including phenoxy) is 2. The lowest BCUT2D eigenvalue weighted by Crippen LogP contribution is -2.32. The number of aromatic hydroxyl groups is 1. The van der Waals surface area contributed by atoms with Crippen molar-refractivity contribution in [3.05, 3.63) is 70.4 Å². The monoisotopic (exact) mass is 533 g/mol. The summed E-state index contributed by atoms with van der Waals surface area (Å²) >= 11 is 6.26. The molecule has 4 aromatic rings. The molecule has 198 valence electrons. The molecular weight excluding hydrogens is 502 g/mol. The van der Waals surface area contributed by atoms with Gasteiger partial charge in [0.25, 0.3) is 0 Å². The average molecular weight is 534 g/mol. The highest BCUT2D eigenvalue weighted by Gasteiger charge is 2.37. The first-order valence-corrected chi connectivity index (χ1v) is 13.0. The van der Waals surface area contributed by atoms with Crippen molar-refractivity contribution in [1.29, 1.82) is 0 Å². The zero-order valence-electron chi connectivity index (χ0n) is 22.5. The number of benzene rings is 2. The van der Waals surface area contributed by atoms with E-state index in [1.54, 1.807) is 12.1 Å². The smallest absolute Gasteiger partial charge is 0.339 e. The maximum absolute atomic E-state index is 13.4. The number of nitrogens with zero attached hydrogens (tertiary/aromatic N) is 3. The number of hydrogen-bond donors (Lipinski definition) is 1. The molecule has 38 heavy (non-hydrogen) atoms. The quantitative estimate of drug-likeness (QED) is 0.282. The molecule has 5 rings (SSSR count). The summed E-state index contributed by atoms with van der Waals surface area (Å²) in [4.78, 5) is 19.9. The van der Waals surface area contributed by atoms with E-state index < -0.39 is 17.7 Å². The molecule has 0 bridgehead atoms. The van der Waals surface area contributed by atoms with Crippen molar-refractivity contribution in [2.24, 2.45) is 0 Å². The number of rotatable bonds is 5. The molecule has 0 aliphatic carbocycles. The minimum Gasteiger partial charge on any atom is -0.493 e. The standard InChI is InChI=1S/C30H32ClN3O4/c1-17-16-21-25(19-10-12-20(31)13-11-19)24(28(29(36)37-6)38-30(3,4)5)18(2)26-27(21)33(17)14-15-34(26)22-8-7-9-23(35)32-22/h7-13,16,28H,14-15H2,1-6H3,(H,32,35). The van der Waals surface area contributed by atoms with Crippen LogP contribution in [-0.2, 0) is 20.8 Å². The Bertz CT molecular complexity index is 1540. The second-order valence-corrected chi connectivity index (χ2v) is 11.0. The van der Waals surface area contributed by atoms with Crippen molar-refractivity contribution in [2.75, 3.05) is 18.6 Å². The molecule has 1 N–H and O–H groups in total. The molecule has 0 saturated carbocycles. The van der Waals surface area contributed by atoms with Gasteiger partial charge >= 0.3 is 5.97 Å². The molecule has 8 heteroatoms. The van der Waals surface area contributed by atoms with E-state index >= 15 is 0 Å². The van der Waals surface area contributed by atoms with E-state index in [0.717, 1.165) is 51.1 Å². The van der Waals surface area contributed by atoms with Gasteiger partial charge in [0, 0.05) is 40.8 Å². The van der Waals surface area contributed by atoms with Gasteiger partial charge in [-0.25, -0.2) is 4.79 Å². The summed E-state index contributed by atoms with van der Waals surface area (Å²) in [5, 5.41) is 11.8. The maximum Gasteiger partial charge on any atom is 0.339 e. The van der Waals surface area contributed by atoms with Gasteiger partial charge in [0.05, 0.1) is 23.9 Å². The highest BCUT2D eigenvalue weighted by molar-refractivity contribution is 6.30. The molecular formula is C30H32ClN3O4. The molecule has 2 aromatic heterocycles. The Morgan fingerprint density at radius 3 is 2.45 bits per heavy atom. The van der Waals surface area contributed by atoms with Gasteiger partial charge in [-0.1, -0.05) is 29.8 Å². The van der Waals surface area contributed by atoms with Crippen molar-refractivity contribution in [1.82, 2.24) is 9.55 Å². The Hall–Kier alpha value is -3.55. The van der Waals surface area contributed by atoms with Crippen LogP contribution in [0.2, 0.25) is 5.02 Å². The van der Waals surface area contributed by atoms with E-state index in [1.165, 1.54) is 7.11 Å². The summed E-state index contributed by atoms with van der Waals surface area (Å²) < 4.78 is 14.0. The Balaban J connectivity index is 1.92. The molecule has 3 heterocycles. The fourth-order valence-corrected chi connectivity index (χ4v) is 5.55. The van der Waals surface area contributed by atoms with Crippen molar-refractivity contribution < 1.29 is 19.4 Å². The maximum atomic E-state index is 13.4. The normalized spacial score (nSPS) is 14.1. The predicted molar refractivity (Wildman–Crippen MR) is 150 cm³/mol. The lowest BCUT2D eigenvalue weighted by Gasteiger charge is -2.35. The van der Waals surface area contributed by atoms with E-state index in [1.807, 2.05) is 58.0 Å². The third-order valence-electron chi connectivity index (χ3n) is 6.92. The molecule has 1 atom stereocenters. The lowest BCUT2D eigenvalue weighted by molar-refractivity contribution is -0.164. The zero-order valence-corrected chi connectivity index (χ0v) is 23.3. The minimum atomic E-state index is -0.976. The van der Waals surface area contributed by atoms with Gasteiger partial charge in [-0.15, -0.1) is 0 Å². The number of anilines is 2. The lowest BCUT2D eigenvalue weighted by atomic mass is 9.87. The fraction of sp³-hybridized carbons (Fsp3) is 0.333. The van der Waals surface area contributed by atoms with Crippen LogP contribution in [0.3, 0.4) is 0 Å². The van der Waals surface area contributed by atoms with Crippen molar-refractivity contribution in [3.63, 3.8) is 0 Å². The van der Waals surface area contributed by atoms with Gasteiger partial charge in [-0.2, -0.15) is 4.98 Å². The third kappa shape index (κ3) is 4.50. The topological polar surface area (TPSA) is 76.8 Å². The van der Waals surface area contributed by atoms with Crippen molar-refractivity contribution >= 4 is 40.0 Å². The summed E-state index contributed by atoms with van der Waals surface area (Å²) in [5.41, 5.74) is 5.92. The van der Waals surface area contributed by atoms with E-state index in [4.69, 9.17) is 21.1 Å². The van der Waals surface area contributed by atoms with Crippen molar-refractivity contribution in [3.8, 4) is 17.0 Å². The molecule has 0 fully saturated rings. The van der Waals surface area contributed by atoms with Crippen LogP contribution in [0.5, 0.6) is 5.88 Å². The zero-order chi connectivity index (χ0) is 27.4. The van der Waals surface area contributed by atoms with E-state index in [0.29, 0.717) is 17.4 Å². The molecule has 1 aliphatic heterocycles. The Kier molecular flexibility index (Phi) is 6.61. The first-order valence-electron chi connectivity index (χ1n) is 12.6. The number of carbonyl (C=O) groups is 1. The summed E-state index contributed by atoms with van der Waals surface area (Å²) in [5.74, 6) is 0.116. The van der Waals surface area contributed by atoms with Gasteiger partial charge in [0.15, 0.2) is 6.10 Å². The summed E-state index contributed by atoms with van der Waals surface area (Å²) in [6.07, 6.45) is -0.976. The van der Waals surface area contributed by atoms with E-state index in [-0.39, 0.29) is 5.88 Å². The molecule has 7 nitrogen and oxygen atoms in total. The molecule has 0 amide bonds. The van der Waals surface area contributed by atoms with Gasteiger partial charge in [0.2, 0.25) is 5.88 Å². The van der Waals surface area contributed by atoms with E-state index in [9.17, 15) is 9.90 Å². The first-order chi connectivity index (χ1) is 18.0. The highest BCUT2D eigenvalue weighted by Crippen LogP contribution is 2.49. The second kappa shape index (κ2) is 9.64. The van der Waals surface area contributed by atoms with Gasteiger partial charge in [-0.3, -0.25) is 0 Å². The first kappa shape index (κ1) is 26.1. The van der Waals surface area contributed by atoms with Crippen LogP contribution in [0.25, 0.3) is 22.0 Å². The van der Waals surface area contributed by atoms with Crippen LogP contribution < -0.4 is 4.90 Å².